The summed E-state index contributed by atoms with van der Waals surface area (Å²) in [5.74, 6) is 0.200. The van der Waals surface area contributed by atoms with Crippen molar-refractivity contribution in [2.75, 3.05) is 12.3 Å². The molecule has 1 aromatic rings. The molecule has 0 aliphatic heterocycles. The third-order valence-electron chi connectivity index (χ3n) is 2.16. The number of hydrogen-bond acceptors (Lipinski definition) is 4. The van der Waals surface area contributed by atoms with Crippen LogP contribution in [0.4, 0.5) is 0 Å². The molecule has 0 saturated heterocycles. The van der Waals surface area contributed by atoms with Crippen LogP contribution in [-0.2, 0) is 16.3 Å². The van der Waals surface area contributed by atoms with E-state index >= 15 is 0 Å². The molecule has 0 aliphatic carbocycles. The summed E-state index contributed by atoms with van der Waals surface area (Å²) in [5.41, 5.74) is 5.33. The van der Waals surface area contributed by atoms with Crippen LogP contribution in [0.1, 0.15) is 11.8 Å². The summed E-state index contributed by atoms with van der Waals surface area (Å²) < 4.78 is 23.2. The summed E-state index contributed by atoms with van der Waals surface area (Å²) in [6.07, 6.45) is 0.602. The molecule has 1 aromatic heterocycles. The SMILES string of the molecule is CC(CN)S(=O)(=O)CCc1cccs1. The second-order valence-corrected chi connectivity index (χ2v) is 6.81. The molecule has 2 N–H and O–H groups in total. The first-order chi connectivity index (χ1) is 6.56. The van der Waals surface area contributed by atoms with Crippen molar-refractivity contribution in [1.82, 2.24) is 0 Å². The Labute approximate surface area is 88.9 Å². The summed E-state index contributed by atoms with van der Waals surface area (Å²) in [5, 5.41) is 1.52. The molecular weight excluding hydrogens is 218 g/mol. The van der Waals surface area contributed by atoms with Gasteiger partial charge in [0.1, 0.15) is 0 Å². The zero-order chi connectivity index (χ0) is 10.6. The lowest BCUT2D eigenvalue weighted by Gasteiger charge is -2.09. The van der Waals surface area contributed by atoms with Crippen LogP contribution in [0.3, 0.4) is 0 Å². The lowest BCUT2D eigenvalue weighted by molar-refractivity contribution is 0.583. The fraction of sp³-hybridized carbons (Fsp3) is 0.556. The first kappa shape index (κ1) is 11.7. The van der Waals surface area contributed by atoms with Gasteiger partial charge in [0, 0.05) is 11.4 Å². The fourth-order valence-corrected chi connectivity index (χ4v) is 3.08. The van der Waals surface area contributed by atoms with Gasteiger partial charge in [-0.1, -0.05) is 6.07 Å². The Morgan fingerprint density at radius 2 is 2.29 bits per heavy atom. The highest BCUT2D eigenvalue weighted by molar-refractivity contribution is 7.92. The predicted molar refractivity (Wildman–Crippen MR) is 60.3 cm³/mol. The van der Waals surface area contributed by atoms with E-state index in [4.69, 9.17) is 5.73 Å². The Balaban J connectivity index is 2.53. The minimum Gasteiger partial charge on any atom is -0.329 e. The van der Waals surface area contributed by atoms with Crippen molar-refractivity contribution < 1.29 is 8.42 Å². The molecule has 0 amide bonds. The van der Waals surface area contributed by atoms with Gasteiger partial charge in [0.15, 0.2) is 9.84 Å². The predicted octanol–water partition coefficient (Wildman–Crippen LogP) is 1.05. The molecule has 1 unspecified atom stereocenters. The highest BCUT2D eigenvalue weighted by Crippen LogP contribution is 2.11. The minimum absolute atomic E-state index is 0.200. The van der Waals surface area contributed by atoms with Crippen LogP contribution in [0.15, 0.2) is 17.5 Å². The van der Waals surface area contributed by atoms with Gasteiger partial charge in [0.25, 0.3) is 0 Å². The van der Waals surface area contributed by atoms with E-state index in [1.54, 1.807) is 18.3 Å². The highest BCUT2D eigenvalue weighted by Gasteiger charge is 2.18. The summed E-state index contributed by atoms with van der Waals surface area (Å²) >= 11 is 1.59. The molecule has 5 heteroatoms. The molecule has 0 radical (unpaired) electrons. The second kappa shape index (κ2) is 4.91. The van der Waals surface area contributed by atoms with Crippen LogP contribution in [0.5, 0.6) is 0 Å². The topological polar surface area (TPSA) is 60.2 Å². The van der Waals surface area contributed by atoms with Gasteiger partial charge >= 0.3 is 0 Å². The number of aryl methyl sites for hydroxylation is 1. The molecule has 3 nitrogen and oxygen atoms in total. The van der Waals surface area contributed by atoms with E-state index in [2.05, 4.69) is 0 Å². The highest BCUT2D eigenvalue weighted by atomic mass is 32.2. The third-order valence-corrected chi connectivity index (χ3v) is 5.29. The van der Waals surface area contributed by atoms with Gasteiger partial charge in [-0.3, -0.25) is 0 Å². The van der Waals surface area contributed by atoms with Crippen molar-refractivity contribution in [3.05, 3.63) is 22.4 Å². The molecule has 80 valence electrons. The lowest BCUT2D eigenvalue weighted by Crippen LogP contribution is -2.29. The molecule has 1 atom stereocenters. The molecule has 1 heterocycles. The van der Waals surface area contributed by atoms with Crippen LogP contribution >= 0.6 is 11.3 Å². The molecular formula is C9H15NO2S2. The first-order valence-electron chi connectivity index (χ1n) is 4.50. The van der Waals surface area contributed by atoms with Crippen LogP contribution in [0, 0.1) is 0 Å². The van der Waals surface area contributed by atoms with Crippen LogP contribution in [-0.4, -0.2) is 26.0 Å². The van der Waals surface area contributed by atoms with Gasteiger partial charge in [-0.2, -0.15) is 0 Å². The van der Waals surface area contributed by atoms with Gasteiger partial charge in [0.2, 0.25) is 0 Å². The molecule has 0 fully saturated rings. The van der Waals surface area contributed by atoms with Crippen molar-refractivity contribution in [3.63, 3.8) is 0 Å². The van der Waals surface area contributed by atoms with Gasteiger partial charge in [0.05, 0.1) is 11.0 Å². The van der Waals surface area contributed by atoms with Crippen molar-refractivity contribution >= 4 is 21.2 Å². The number of sulfone groups is 1. The minimum atomic E-state index is -3.00. The number of hydrogen-bond donors (Lipinski definition) is 1. The normalized spacial score (nSPS) is 14.1. The van der Waals surface area contributed by atoms with Crippen LogP contribution in [0.25, 0.3) is 0 Å². The standard InChI is InChI=1S/C9H15NO2S2/c1-8(7-10)14(11,12)6-4-9-3-2-5-13-9/h2-3,5,8H,4,6-7,10H2,1H3. The largest absolute Gasteiger partial charge is 0.329 e. The molecule has 0 saturated carbocycles. The monoisotopic (exact) mass is 233 g/mol. The van der Waals surface area contributed by atoms with Crippen LogP contribution < -0.4 is 5.73 Å². The summed E-state index contributed by atoms with van der Waals surface area (Å²) in [4.78, 5) is 1.11. The van der Waals surface area contributed by atoms with E-state index in [1.807, 2.05) is 17.5 Å². The summed E-state index contributed by atoms with van der Waals surface area (Å²) in [6, 6.07) is 3.88. The molecule has 0 aliphatic rings. The summed E-state index contributed by atoms with van der Waals surface area (Å²) in [7, 11) is -3.00. The molecule has 0 spiro atoms. The zero-order valence-corrected chi connectivity index (χ0v) is 9.77. The fourth-order valence-electron chi connectivity index (χ4n) is 1.05. The smallest absolute Gasteiger partial charge is 0.154 e. The van der Waals surface area contributed by atoms with Gasteiger partial charge in [-0.05, 0) is 24.8 Å². The summed E-state index contributed by atoms with van der Waals surface area (Å²) in [6.45, 7) is 1.86. The molecule has 0 aromatic carbocycles. The second-order valence-electron chi connectivity index (χ2n) is 3.24. The number of rotatable bonds is 5. The number of nitrogens with two attached hydrogens (primary N) is 1. The molecule has 14 heavy (non-hydrogen) atoms. The quantitative estimate of drug-likeness (QED) is 0.827. The maximum atomic E-state index is 11.6. The van der Waals surface area contributed by atoms with Gasteiger partial charge in [-0.25, -0.2) is 8.42 Å². The van der Waals surface area contributed by atoms with E-state index in [1.165, 1.54) is 0 Å². The van der Waals surface area contributed by atoms with Crippen molar-refractivity contribution in [1.29, 1.82) is 0 Å². The Morgan fingerprint density at radius 1 is 1.57 bits per heavy atom. The molecule has 1 rings (SSSR count). The maximum Gasteiger partial charge on any atom is 0.154 e. The molecule has 0 bridgehead atoms. The average Bonchev–Trinajstić information content (AvgIpc) is 2.66. The zero-order valence-electron chi connectivity index (χ0n) is 8.14. The van der Waals surface area contributed by atoms with E-state index in [9.17, 15) is 8.42 Å². The van der Waals surface area contributed by atoms with Crippen molar-refractivity contribution in [2.45, 2.75) is 18.6 Å². The Bertz CT molecular complexity index is 356. The van der Waals surface area contributed by atoms with Gasteiger partial charge in [-0.15, -0.1) is 11.3 Å². The van der Waals surface area contributed by atoms with E-state index in [-0.39, 0.29) is 12.3 Å². The van der Waals surface area contributed by atoms with E-state index in [0.717, 1.165) is 4.88 Å². The van der Waals surface area contributed by atoms with E-state index < -0.39 is 15.1 Å². The third kappa shape index (κ3) is 3.08. The first-order valence-corrected chi connectivity index (χ1v) is 7.10. The Morgan fingerprint density at radius 3 is 2.79 bits per heavy atom. The van der Waals surface area contributed by atoms with E-state index in [0.29, 0.717) is 6.42 Å². The van der Waals surface area contributed by atoms with Crippen molar-refractivity contribution in [3.8, 4) is 0 Å². The maximum absolute atomic E-state index is 11.6. The van der Waals surface area contributed by atoms with Crippen LogP contribution in [0.2, 0.25) is 0 Å². The number of thiophene rings is 1. The lowest BCUT2D eigenvalue weighted by atomic mass is 10.4. The van der Waals surface area contributed by atoms with Gasteiger partial charge < -0.3 is 5.73 Å². The average molecular weight is 233 g/mol. The van der Waals surface area contributed by atoms with Crippen molar-refractivity contribution in [2.24, 2.45) is 5.73 Å². The Hall–Kier alpha value is -0.390. The Kier molecular flexibility index (Phi) is 4.10.